The molecule has 0 bridgehead atoms. The first kappa shape index (κ1) is 13.6. The van der Waals surface area contributed by atoms with Crippen LogP contribution in [-0.4, -0.2) is 5.11 Å². The zero-order valence-electron chi connectivity index (χ0n) is 11.5. The summed E-state index contributed by atoms with van der Waals surface area (Å²) in [5.41, 5.74) is 1.91. The standard InChI is InChI=1S/C17H14N2OS/c1-12-6-2-5-9-15(12)18-19-21-17-14-8-4-3-7-13(14)10-11-16(17)20/h2-11,20H,1H3. The van der Waals surface area contributed by atoms with Crippen LogP contribution >= 0.6 is 11.9 Å². The molecule has 4 heteroatoms. The molecular formula is C17H14N2OS. The average Bonchev–Trinajstić information content (AvgIpc) is 2.51. The Morgan fingerprint density at radius 1 is 0.905 bits per heavy atom. The molecule has 1 N–H and O–H groups in total. The van der Waals surface area contributed by atoms with Crippen LogP contribution in [0, 0.1) is 6.92 Å². The lowest BCUT2D eigenvalue weighted by Crippen LogP contribution is -1.77. The topological polar surface area (TPSA) is 45.0 Å². The second kappa shape index (κ2) is 5.97. The van der Waals surface area contributed by atoms with Crippen LogP contribution in [0.3, 0.4) is 0 Å². The number of aromatic hydroxyl groups is 1. The zero-order chi connectivity index (χ0) is 14.7. The number of benzene rings is 3. The van der Waals surface area contributed by atoms with Gasteiger partial charge in [0.2, 0.25) is 0 Å². The molecule has 104 valence electrons. The number of hydrogen-bond acceptors (Lipinski definition) is 4. The smallest absolute Gasteiger partial charge is 0.131 e. The molecule has 0 atom stereocenters. The first-order valence-electron chi connectivity index (χ1n) is 6.60. The van der Waals surface area contributed by atoms with Crippen LogP contribution < -0.4 is 0 Å². The molecule has 21 heavy (non-hydrogen) atoms. The van der Waals surface area contributed by atoms with Crippen molar-refractivity contribution in [1.29, 1.82) is 0 Å². The summed E-state index contributed by atoms with van der Waals surface area (Å²) in [6.45, 7) is 1.99. The monoisotopic (exact) mass is 294 g/mol. The lowest BCUT2D eigenvalue weighted by Gasteiger charge is -2.05. The number of hydrogen-bond donors (Lipinski definition) is 1. The lowest BCUT2D eigenvalue weighted by molar-refractivity contribution is 0.464. The minimum absolute atomic E-state index is 0.224. The van der Waals surface area contributed by atoms with Gasteiger partial charge in [-0.15, -0.1) is 9.63 Å². The van der Waals surface area contributed by atoms with Crippen LogP contribution in [0.15, 0.2) is 75.2 Å². The van der Waals surface area contributed by atoms with E-state index >= 15 is 0 Å². The summed E-state index contributed by atoms with van der Waals surface area (Å²) in [5, 5.41) is 16.3. The third-order valence-corrected chi connectivity index (χ3v) is 4.03. The minimum Gasteiger partial charge on any atom is -0.507 e. The molecule has 3 aromatic carbocycles. The fraction of sp³-hybridized carbons (Fsp3) is 0.0588. The number of rotatable bonds is 3. The van der Waals surface area contributed by atoms with Gasteiger partial charge in [-0.25, -0.2) is 0 Å². The minimum atomic E-state index is 0.224. The highest BCUT2D eigenvalue weighted by molar-refractivity contribution is 7.98. The lowest BCUT2D eigenvalue weighted by atomic mass is 10.1. The molecule has 0 spiro atoms. The van der Waals surface area contributed by atoms with E-state index in [1.807, 2.05) is 61.5 Å². The van der Waals surface area contributed by atoms with E-state index in [1.54, 1.807) is 6.07 Å². The SMILES string of the molecule is Cc1ccccc1N=NSc1c(O)ccc2ccccc12. The predicted molar refractivity (Wildman–Crippen MR) is 87.2 cm³/mol. The fourth-order valence-electron chi connectivity index (χ4n) is 2.11. The number of phenolic OH excluding ortho intramolecular Hbond substituents is 1. The summed E-state index contributed by atoms with van der Waals surface area (Å²) in [4.78, 5) is 0.727. The van der Waals surface area contributed by atoms with E-state index < -0.39 is 0 Å². The Morgan fingerprint density at radius 2 is 1.67 bits per heavy atom. The van der Waals surface area contributed by atoms with Gasteiger partial charge in [-0.1, -0.05) is 48.5 Å². The largest absolute Gasteiger partial charge is 0.507 e. The van der Waals surface area contributed by atoms with Gasteiger partial charge >= 0.3 is 0 Å². The van der Waals surface area contributed by atoms with Crippen molar-refractivity contribution in [2.75, 3.05) is 0 Å². The molecule has 0 aromatic heterocycles. The Balaban J connectivity index is 1.92. The van der Waals surface area contributed by atoms with Gasteiger partial charge < -0.3 is 5.11 Å². The van der Waals surface area contributed by atoms with Crippen molar-refractivity contribution in [2.45, 2.75) is 11.8 Å². The van der Waals surface area contributed by atoms with Gasteiger partial charge in [0.15, 0.2) is 0 Å². The molecule has 0 saturated carbocycles. The van der Waals surface area contributed by atoms with Crippen molar-refractivity contribution in [3.05, 3.63) is 66.2 Å². The van der Waals surface area contributed by atoms with Gasteiger partial charge in [0, 0.05) is 17.3 Å². The van der Waals surface area contributed by atoms with E-state index in [1.165, 1.54) is 11.9 Å². The van der Waals surface area contributed by atoms with E-state index in [0.717, 1.165) is 26.9 Å². The summed E-state index contributed by atoms with van der Waals surface area (Å²) < 4.78 is 4.17. The predicted octanol–water partition coefficient (Wildman–Crippen LogP) is 5.64. The maximum absolute atomic E-state index is 10.0. The van der Waals surface area contributed by atoms with E-state index in [0.29, 0.717) is 0 Å². The van der Waals surface area contributed by atoms with E-state index in [2.05, 4.69) is 9.63 Å². The number of nitrogens with zero attached hydrogens (tertiary/aromatic N) is 2. The van der Waals surface area contributed by atoms with E-state index in [-0.39, 0.29) is 5.75 Å². The maximum Gasteiger partial charge on any atom is 0.131 e. The van der Waals surface area contributed by atoms with Crippen molar-refractivity contribution in [3.63, 3.8) is 0 Å². The summed E-state index contributed by atoms with van der Waals surface area (Å²) >= 11 is 1.19. The van der Waals surface area contributed by atoms with Crippen molar-refractivity contribution >= 4 is 28.4 Å². The van der Waals surface area contributed by atoms with Gasteiger partial charge in [-0.2, -0.15) is 0 Å². The van der Waals surface area contributed by atoms with E-state index in [4.69, 9.17) is 0 Å². The number of phenols is 1. The molecule has 0 saturated heterocycles. The second-order valence-electron chi connectivity index (χ2n) is 4.69. The summed E-state index contributed by atoms with van der Waals surface area (Å²) in [6, 6.07) is 19.3. The molecule has 0 radical (unpaired) electrons. The molecule has 0 amide bonds. The zero-order valence-corrected chi connectivity index (χ0v) is 12.3. The Morgan fingerprint density at radius 3 is 2.52 bits per heavy atom. The van der Waals surface area contributed by atoms with Crippen molar-refractivity contribution in [2.24, 2.45) is 9.63 Å². The molecular weight excluding hydrogens is 280 g/mol. The summed E-state index contributed by atoms with van der Waals surface area (Å²) in [5.74, 6) is 0.224. The van der Waals surface area contributed by atoms with Gasteiger partial charge in [0.05, 0.1) is 10.6 Å². The first-order chi connectivity index (χ1) is 10.3. The summed E-state index contributed by atoms with van der Waals surface area (Å²) in [7, 11) is 0. The van der Waals surface area contributed by atoms with Crippen LogP contribution in [0.25, 0.3) is 10.8 Å². The molecule has 0 heterocycles. The molecule has 0 aliphatic rings. The van der Waals surface area contributed by atoms with Gasteiger partial charge in [-0.3, -0.25) is 0 Å². The number of fused-ring (bicyclic) bond motifs is 1. The highest BCUT2D eigenvalue weighted by atomic mass is 32.2. The Hall–Kier alpha value is -2.33. The van der Waals surface area contributed by atoms with Crippen LogP contribution in [-0.2, 0) is 0 Å². The maximum atomic E-state index is 10.0. The Bertz CT molecular complexity index is 815. The molecule has 0 fully saturated rings. The molecule has 3 aromatic rings. The Kier molecular flexibility index (Phi) is 3.88. The third-order valence-electron chi connectivity index (χ3n) is 3.25. The Labute approximate surface area is 127 Å². The first-order valence-corrected chi connectivity index (χ1v) is 7.37. The fourth-order valence-corrected chi connectivity index (χ4v) is 2.76. The van der Waals surface area contributed by atoms with Crippen LogP contribution in [0.4, 0.5) is 5.69 Å². The third kappa shape index (κ3) is 2.90. The van der Waals surface area contributed by atoms with E-state index in [9.17, 15) is 5.11 Å². The van der Waals surface area contributed by atoms with Crippen molar-refractivity contribution in [3.8, 4) is 5.75 Å². The summed E-state index contributed by atoms with van der Waals surface area (Å²) in [6.07, 6.45) is 0. The molecule has 0 aliphatic carbocycles. The molecule has 0 unspecified atom stereocenters. The molecule has 0 aliphatic heterocycles. The normalized spacial score (nSPS) is 11.3. The van der Waals surface area contributed by atoms with Gasteiger partial charge in [0.25, 0.3) is 0 Å². The highest BCUT2D eigenvalue weighted by Crippen LogP contribution is 2.37. The van der Waals surface area contributed by atoms with Gasteiger partial charge in [0.1, 0.15) is 5.75 Å². The number of aryl methyl sites for hydroxylation is 1. The van der Waals surface area contributed by atoms with Gasteiger partial charge in [-0.05, 0) is 30.0 Å². The highest BCUT2D eigenvalue weighted by Gasteiger charge is 2.07. The van der Waals surface area contributed by atoms with Crippen LogP contribution in [0.2, 0.25) is 0 Å². The average molecular weight is 294 g/mol. The van der Waals surface area contributed by atoms with Crippen LogP contribution in [0.1, 0.15) is 5.56 Å². The van der Waals surface area contributed by atoms with Crippen LogP contribution in [0.5, 0.6) is 5.75 Å². The second-order valence-corrected chi connectivity index (χ2v) is 5.45. The van der Waals surface area contributed by atoms with Crippen molar-refractivity contribution < 1.29 is 5.11 Å². The van der Waals surface area contributed by atoms with Crippen molar-refractivity contribution in [1.82, 2.24) is 0 Å². The molecule has 3 rings (SSSR count). The molecule has 3 nitrogen and oxygen atoms in total. The quantitative estimate of drug-likeness (QED) is 0.501.